The molecule has 0 saturated carbocycles. The molecule has 2 aromatic carbocycles. The molecule has 0 fully saturated rings. The van der Waals surface area contributed by atoms with Crippen LogP contribution in [0.15, 0.2) is 46.9 Å². The Balaban J connectivity index is 2.63. The van der Waals surface area contributed by atoms with Crippen molar-refractivity contribution in [1.29, 1.82) is 0 Å². The van der Waals surface area contributed by atoms with Crippen molar-refractivity contribution in [3.05, 3.63) is 57.5 Å². The molecule has 88 valence electrons. The van der Waals surface area contributed by atoms with Gasteiger partial charge in [0, 0.05) is 15.1 Å². The monoisotopic (exact) mass is 316 g/mol. The topological polar surface area (TPSA) is 0 Å². The minimum absolute atomic E-state index is 0.00485. The van der Waals surface area contributed by atoms with Crippen LogP contribution in [-0.4, -0.2) is 0 Å². The van der Waals surface area contributed by atoms with Crippen molar-refractivity contribution in [2.75, 3.05) is 0 Å². The van der Waals surface area contributed by atoms with Crippen LogP contribution in [0.4, 0.5) is 8.78 Å². The van der Waals surface area contributed by atoms with Gasteiger partial charge in [-0.2, -0.15) is 0 Å². The Hall–Kier alpha value is -0.930. The summed E-state index contributed by atoms with van der Waals surface area (Å²) < 4.78 is 26.4. The maximum Gasteiger partial charge on any atom is 0.265 e. The van der Waals surface area contributed by atoms with Gasteiger partial charge in [0.25, 0.3) is 6.43 Å². The fraction of sp³-hybridized carbons (Fsp3) is 0.0769. The summed E-state index contributed by atoms with van der Waals surface area (Å²) in [4.78, 5) is 0. The summed E-state index contributed by atoms with van der Waals surface area (Å²) in [6.45, 7) is 0. The molecule has 0 aliphatic heterocycles. The van der Waals surface area contributed by atoms with Crippen molar-refractivity contribution >= 4 is 27.5 Å². The predicted molar refractivity (Wildman–Crippen MR) is 69.5 cm³/mol. The minimum atomic E-state index is -2.53. The molecule has 0 N–H and O–H groups in total. The molecule has 0 saturated heterocycles. The average molecular weight is 318 g/mol. The fourth-order valence-electron chi connectivity index (χ4n) is 1.67. The van der Waals surface area contributed by atoms with Crippen molar-refractivity contribution in [2.45, 2.75) is 6.43 Å². The van der Waals surface area contributed by atoms with E-state index in [1.54, 1.807) is 42.5 Å². The van der Waals surface area contributed by atoms with E-state index in [0.29, 0.717) is 20.6 Å². The highest BCUT2D eigenvalue weighted by Gasteiger charge is 2.17. The van der Waals surface area contributed by atoms with E-state index < -0.39 is 6.43 Å². The number of benzene rings is 2. The molecule has 0 heterocycles. The third-order valence-electron chi connectivity index (χ3n) is 2.41. The Morgan fingerprint density at radius 2 is 1.76 bits per heavy atom. The van der Waals surface area contributed by atoms with Gasteiger partial charge in [0.15, 0.2) is 0 Å². The van der Waals surface area contributed by atoms with Crippen LogP contribution in [0.1, 0.15) is 12.0 Å². The molecule has 0 amide bonds. The van der Waals surface area contributed by atoms with Gasteiger partial charge in [-0.1, -0.05) is 51.8 Å². The summed E-state index contributed by atoms with van der Waals surface area (Å²) >= 11 is 9.02. The summed E-state index contributed by atoms with van der Waals surface area (Å²) in [6, 6.07) is 11.9. The molecule has 17 heavy (non-hydrogen) atoms. The quantitative estimate of drug-likeness (QED) is 0.666. The number of hydrogen-bond acceptors (Lipinski definition) is 0. The Labute approximate surface area is 111 Å². The highest BCUT2D eigenvalue weighted by molar-refractivity contribution is 9.10. The van der Waals surface area contributed by atoms with E-state index in [4.69, 9.17) is 11.6 Å². The second-order valence-corrected chi connectivity index (χ2v) is 4.80. The highest BCUT2D eigenvalue weighted by atomic mass is 79.9. The molecule has 2 aromatic rings. The largest absolute Gasteiger partial charge is 0.265 e. The molecule has 0 spiro atoms. The van der Waals surface area contributed by atoms with Crippen LogP contribution in [0.2, 0.25) is 5.02 Å². The van der Waals surface area contributed by atoms with Gasteiger partial charge in [-0.15, -0.1) is 0 Å². The van der Waals surface area contributed by atoms with Crippen LogP contribution in [0.3, 0.4) is 0 Å². The Kier molecular flexibility index (Phi) is 3.79. The summed E-state index contributed by atoms with van der Waals surface area (Å²) in [5, 5.41) is 0.530. The molecule has 0 aliphatic carbocycles. The maximum absolute atomic E-state index is 13.0. The van der Waals surface area contributed by atoms with Crippen LogP contribution in [0, 0.1) is 0 Å². The first kappa shape index (κ1) is 12.5. The Morgan fingerprint density at radius 1 is 1.06 bits per heavy atom. The molecule has 2 rings (SSSR count). The van der Waals surface area contributed by atoms with Crippen LogP contribution >= 0.6 is 27.5 Å². The van der Waals surface area contributed by atoms with Gasteiger partial charge in [-0.3, -0.25) is 0 Å². The first-order chi connectivity index (χ1) is 8.09. The molecule has 0 aromatic heterocycles. The van der Waals surface area contributed by atoms with E-state index in [-0.39, 0.29) is 5.56 Å². The van der Waals surface area contributed by atoms with Gasteiger partial charge in [0.2, 0.25) is 0 Å². The third kappa shape index (κ3) is 2.67. The molecule has 0 aliphatic rings. The second-order valence-electron chi connectivity index (χ2n) is 3.51. The number of rotatable bonds is 2. The zero-order valence-corrected chi connectivity index (χ0v) is 11.0. The standard InChI is InChI=1S/C13H8BrClF2/c14-11-6-2-5-10(12(11)13(16)17)8-3-1-4-9(15)7-8/h1-7,13H. The SMILES string of the molecule is FC(F)c1c(Br)cccc1-c1cccc(Cl)c1. The first-order valence-corrected chi connectivity index (χ1v) is 6.09. The lowest BCUT2D eigenvalue weighted by Crippen LogP contribution is -1.91. The Morgan fingerprint density at radius 3 is 2.41 bits per heavy atom. The van der Waals surface area contributed by atoms with Gasteiger partial charge in [-0.25, -0.2) is 8.78 Å². The van der Waals surface area contributed by atoms with E-state index in [0.717, 1.165) is 0 Å². The van der Waals surface area contributed by atoms with Crippen molar-refractivity contribution in [3.8, 4) is 11.1 Å². The lowest BCUT2D eigenvalue weighted by atomic mass is 10.00. The van der Waals surface area contributed by atoms with Crippen LogP contribution < -0.4 is 0 Å². The molecule has 0 atom stereocenters. The maximum atomic E-state index is 13.0. The molecule has 0 unspecified atom stereocenters. The summed E-state index contributed by atoms with van der Waals surface area (Å²) in [6.07, 6.45) is -2.53. The molecule has 0 nitrogen and oxygen atoms in total. The van der Waals surface area contributed by atoms with Gasteiger partial charge in [-0.05, 0) is 29.3 Å². The van der Waals surface area contributed by atoms with Crippen LogP contribution in [0.25, 0.3) is 11.1 Å². The molecule has 0 bridgehead atoms. The average Bonchev–Trinajstić information content (AvgIpc) is 2.28. The normalized spacial score (nSPS) is 10.9. The zero-order valence-electron chi connectivity index (χ0n) is 8.63. The van der Waals surface area contributed by atoms with Crippen molar-refractivity contribution in [2.24, 2.45) is 0 Å². The summed E-state index contributed by atoms with van der Waals surface area (Å²) in [5.41, 5.74) is 1.18. The van der Waals surface area contributed by atoms with E-state index in [9.17, 15) is 8.78 Å². The number of hydrogen-bond donors (Lipinski definition) is 0. The summed E-state index contributed by atoms with van der Waals surface area (Å²) in [7, 11) is 0. The molecule has 4 heteroatoms. The van der Waals surface area contributed by atoms with Gasteiger partial charge in [0.05, 0.1) is 0 Å². The predicted octanol–water partition coefficient (Wildman–Crippen LogP) is 5.71. The van der Waals surface area contributed by atoms with Crippen LogP contribution in [0.5, 0.6) is 0 Å². The molecular weight excluding hydrogens is 309 g/mol. The smallest absolute Gasteiger partial charge is 0.205 e. The lowest BCUT2D eigenvalue weighted by Gasteiger charge is -2.11. The molecular formula is C13H8BrClF2. The summed E-state index contributed by atoms with van der Waals surface area (Å²) in [5.74, 6) is 0. The third-order valence-corrected chi connectivity index (χ3v) is 3.33. The van der Waals surface area contributed by atoms with Crippen LogP contribution in [-0.2, 0) is 0 Å². The molecule has 0 radical (unpaired) electrons. The number of alkyl halides is 2. The number of halogens is 4. The van der Waals surface area contributed by atoms with Gasteiger partial charge in [0.1, 0.15) is 0 Å². The van der Waals surface area contributed by atoms with Crippen molar-refractivity contribution in [3.63, 3.8) is 0 Å². The van der Waals surface area contributed by atoms with Gasteiger partial charge < -0.3 is 0 Å². The van der Waals surface area contributed by atoms with E-state index in [1.807, 2.05) is 0 Å². The lowest BCUT2D eigenvalue weighted by molar-refractivity contribution is 0.151. The van der Waals surface area contributed by atoms with Crippen molar-refractivity contribution < 1.29 is 8.78 Å². The second kappa shape index (κ2) is 5.15. The highest BCUT2D eigenvalue weighted by Crippen LogP contribution is 2.36. The fourth-order valence-corrected chi connectivity index (χ4v) is 2.40. The van der Waals surface area contributed by atoms with E-state index in [1.165, 1.54) is 0 Å². The van der Waals surface area contributed by atoms with E-state index >= 15 is 0 Å². The van der Waals surface area contributed by atoms with Crippen molar-refractivity contribution in [1.82, 2.24) is 0 Å². The van der Waals surface area contributed by atoms with E-state index in [2.05, 4.69) is 15.9 Å². The minimum Gasteiger partial charge on any atom is -0.205 e. The first-order valence-electron chi connectivity index (χ1n) is 4.92. The Bertz CT molecular complexity index is 541. The zero-order chi connectivity index (χ0) is 12.4. The van der Waals surface area contributed by atoms with Gasteiger partial charge >= 0.3 is 0 Å².